The van der Waals surface area contributed by atoms with Crippen molar-refractivity contribution in [3.05, 3.63) is 0 Å². The number of carbonyl (C=O) groups excluding carboxylic acids is 3. The van der Waals surface area contributed by atoms with Gasteiger partial charge in [-0.3, -0.25) is 14.9 Å². The molecule has 0 saturated carbocycles. The maximum absolute atomic E-state index is 11.6. The van der Waals surface area contributed by atoms with Crippen LogP contribution in [0.4, 0.5) is 4.79 Å². The van der Waals surface area contributed by atoms with E-state index in [1.54, 1.807) is 0 Å². The van der Waals surface area contributed by atoms with E-state index in [1.807, 2.05) is 6.92 Å². The highest BCUT2D eigenvalue weighted by atomic mass is 16.6. The summed E-state index contributed by atoms with van der Waals surface area (Å²) in [5, 5.41) is 4.61. The van der Waals surface area contributed by atoms with Crippen LogP contribution in [0.2, 0.25) is 0 Å². The van der Waals surface area contributed by atoms with Gasteiger partial charge >= 0.3 is 12.0 Å². The molecule has 0 aromatic rings. The Labute approximate surface area is 86.3 Å². The third kappa shape index (κ3) is 1.67. The molecule has 6 heteroatoms. The Bertz CT molecular complexity index is 326. The lowest BCUT2D eigenvalue weighted by Crippen LogP contribution is -2.63. The lowest BCUT2D eigenvalue weighted by Gasteiger charge is -2.38. The van der Waals surface area contributed by atoms with Crippen LogP contribution in [0.25, 0.3) is 0 Å². The van der Waals surface area contributed by atoms with E-state index in [0.717, 1.165) is 0 Å². The topological polar surface area (TPSA) is 84.5 Å². The number of carbonyl (C=O) groups is 3. The SMILES string of the molecule is CCC1CC(=O)OC2NC(=O)NC(=O)C12. The molecule has 2 heterocycles. The zero-order valence-corrected chi connectivity index (χ0v) is 8.28. The molecule has 0 spiro atoms. The molecule has 3 amide bonds. The first kappa shape index (κ1) is 9.95. The summed E-state index contributed by atoms with van der Waals surface area (Å²) in [5.74, 6) is -1.23. The molecule has 15 heavy (non-hydrogen) atoms. The van der Waals surface area contributed by atoms with E-state index in [1.165, 1.54) is 0 Å². The van der Waals surface area contributed by atoms with Crippen molar-refractivity contribution in [2.45, 2.75) is 26.0 Å². The van der Waals surface area contributed by atoms with Gasteiger partial charge < -0.3 is 10.1 Å². The maximum atomic E-state index is 11.6. The number of fused-ring (bicyclic) bond motifs is 1. The van der Waals surface area contributed by atoms with Crippen LogP contribution in [-0.4, -0.2) is 24.1 Å². The van der Waals surface area contributed by atoms with E-state index in [0.29, 0.717) is 6.42 Å². The van der Waals surface area contributed by atoms with E-state index in [-0.39, 0.29) is 24.2 Å². The van der Waals surface area contributed by atoms with Gasteiger partial charge in [-0.1, -0.05) is 13.3 Å². The van der Waals surface area contributed by atoms with Crippen molar-refractivity contribution in [2.24, 2.45) is 11.8 Å². The van der Waals surface area contributed by atoms with Crippen molar-refractivity contribution in [3.63, 3.8) is 0 Å². The largest absolute Gasteiger partial charge is 0.441 e. The minimum atomic E-state index is -0.794. The molecule has 2 aliphatic rings. The van der Waals surface area contributed by atoms with E-state index in [4.69, 9.17) is 4.74 Å². The fourth-order valence-corrected chi connectivity index (χ4v) is 2.08. The van der Waals surface area contributed by atoms with Gasteiger partial charge in [0.1, 0.15) is 0 Å². The van der Waals surface area contributed by atoms with Crippen molar-refractivity contribution in [1.29, 1.82) is 0 Å². The molecule has 2 saturated heterocycles. The number of esters is 1. The molecular formula is C9H12N2O4. The van der Waals surface area contributed by atoms with Crippen LogP contribution in [-0.2, 0) is 14.3 Å². The molecule has 3 unspecified atom stereocenters. The molecule has 3 atom stereocenters. The second kappa shape index (κ2) is 3.52. The Hall–Kier alpha value is -1.59. The minimum absolute atomic E-state index is 0.0585. The third-order valence-corrected chi connectivity index (χ3v) is 2.86. The minimum Gasteiger partial charge on any atom is -0.441 e. The lowest BCUT2D eigenvalue weighted by molar-refractivity contribution is -0.169. The number of ether oxygens (including phenoxy) is 1. The van der Waals surface area contributed by atoms with Crippen molar-refractivity contribution in [1.82, 2.24) is 10.6 Å². The third-order valence-electron chi connectivity index (χ3n) is 2.86. The van der Waals surface area contributed by atoms with Gasteiger partial charge in [-0.15, -0.1) is 0 Å². The molecule has 0 aromatic carbocycles. The van der Waals surface area contributed by atoms with Gasteiger partial charge in [0.2, 0.25) is 5.91 Å². The number of rotatable bonds is 1. The van der Waals surface area contributed by atoms with Crippen LogP contribution in [0.1, 0.15) is 19.8 Å². The molecule has 82 valence electrons. The van der Waals surface area contributed by atoms with Gasteiger partial charge in [0.05, 0.1) is 5.92 Å². The van der Waals surface area contributed by atoms with Crippen molar-refractivity contribution in [2.75, 3.05) is 0 Å². The molecule has 2 aliphatic heterocycles. The highest BCUT2D eigenvalue weighted by Crippen LogP contribution is 2.30. The predicted octanol–water partition coefficient (Wildman–Crippen LogP) is -0.259. The molecule has 0 radical (unpaired) electrons. The number of amides is 3. The number of hydrogen-bond donors (Lipinski definition) is 2. The van der Waals surface area contributed by atoms with Gasteiger partial charge in [0, 0.05) is 6.42 Å². The van der Waals surface area contributed by atoms with Crippen LogP contribution in [0.3, 0.4) is 0 Å². The van der Waals surface area contributed by atoms with Gasteiger partial charge in [-0.2, -0.15) is 0 Å². The smallest absolute Gasteiger partial charge is 0.324 e. The Morgan fingerprint density at radius 2 is 2.13 bits per heavy atom. The summed E-state index contributed by atoms with van der Waals surface area (Å²) in [4.78, 5) is 33.7. The number of hydrogen-bond acceptors (Lipinski definition) is 4. The van der Waals surface area contributed by atoms with Crippen LogP contribution in [0.15, 0.2) is 0 Å². The summed E-state index contributed by atoms with van der Waals surface area (Å²) in [7, 11) is 0. The second-order valence-electron chi connectivity index (χ2n) is 3.77. The summed E-state index contributed by atoms with van der Waals surface area (Å²) in [6.07, 6.45) is 0.151. The van der Waals surface area contributed by atoms with Crippen LogP contribution in [0, 0.1) is 11.8 Å². The molecule has 0 aromatic heterocycles. The van der Waals surface area contributed by atoms with Crippen molar-refractivity contribution >= 4 is 17.9 Å². The lowest BCUT2D eigenvalue weighted by atomic mass is 9.82. The summed E-state index contributed by atoms with van der Waals surface area (Å²) in [6, 6.07) is -0.606. The molecule has 0 aliphatic carbocycles. The van der Waals surface area contributed by atoms with Gasteiger partial charge in [0.15, 0.2) is 6.23 Å². The summed E-state index contributed by atoms with van der Waals surface area (Å²) < 4.78 is 4.93. The predicted molar refractivity (Wildman–Crippen MR) is 48.4 cm³/mol. The number of imide groups is 1. The Kier molecular flexibility index (Phi) is 2.34. The average molecular weight is 212 g/mol. The monoisotopic (exact) mass is 212 g/mol. The quantitative estimate of drug-likeness (QED) is 0.586. The normalized spacial score (nSPS) is 35.0. The van der Waals surface area contributed by atoms with Gasteiger partial charge in [0.25, 0.3) is 0 Å². The first-order valence-electron chi connectivity index (χ1n) is 4.92. The zero-order valence-electron chi connectivity index (χ0n) is 8.28. The molecule has 2 fully saturated rings. The van der Waals surface area contributed by atoms with Crippen LogP contribution in [0.5, 0.6) is 0 Å². The fraction of sp³-hybridized carbons (Fsp3) is 0.667. The van der Waals surface area contributed by atoms with Gasteiger partial charge in [-0.05, 0) is 5.92 Å². The average Bonchev–Trinajstić information content (AvgIpc) is 2.14. The standard InChI is InChI=1S/C9H12N2O4/c1-2-4-3-5(12)15-8-6(4)7(13)10-9(14)11-8/h4,6,8H,2-3H2,1H3,(H2,10,11,13,14). The summed E-state index contributed by atoms with van der Waals surface area (Å²) >= 11 is 0. The van der Waals surface area contributed by atoms with E-state index < -0.39 is 18.2 Å². The number of nitrogens with one attached hydrogen (secondary N) is 2. The molecule has 6 nitrogen and oxygen atoms in total. The molecule has 2 rings (SSSR count). The Balaban J connectivity index is 2.22. The van der Waals surface area contributed by atoms with E-state index in [9.17, 15) is 14.4 Å². The second-order valence-corrected chi connectivity index (χ2v) is 3.77. The molecule has 0 bridgehead atoms. The summed E-state index contributed by atoms with van der Waals surface area (Å²) in [6.45, 7) is 1.91. The first-order valence-corrected chi connectivity index (χ1v) is 4.92. The fourth-order valence-electron chi connectivity index (χ4n) is 2.08. The van der Waals surface area contributed by atoms with E-state index >= 15 is 0 Å². The van der Waals surface area contributed by atoms with Gasteiger partial charge in [-0.25, -0.2) is 4.79 Å². The Morgan fingerprint density at radius 3 is 2.80 bits per heavy atom. The highest BCUT2D eigenvalue weighted by Gasteiger charge is 2.46. The first-order chi connectivity index (χ1) is 7.11. The van der Waals surface area contributed by atoms with E-state index in [2.05, 4.69) is 10.6 Å². The highest BCUT2D eigenvalue weighted by molar-refractivity contribution is 5.99. The van der Waals surface area contributed by atoms with Crippen LogP contribution >= 0.6 is 0 Å². The van der Waals surface area contributed by atoms with Crippen LogP contribution < -0.4 is 10.6 Å². The van der Waals surface area contributed by atoms with Crippen molar-refractivity contribution in [3.8, 4) is 0 Å². The van der Waals surface area contributed by atoms with Crippen molar-refractivity contribution < 1.29 is 19.1 Å². The summed E-state index contributed by atoms with van der Waals surface area (Å²) in [5.41, 5.74) is 0. The zero-order chi connectivity index (χ0) is 11.0. The maximum Gasteiger partial charge on any atom is 0.324 e. The molecular weight excluding hydrogens is 200 g/mol. The number of urea groups is 1. The Morgan fingerprint density at radius 1 is 1.40 bits per heavy atom. The molecule has 2 N–H and O–H groups in total.